The molecule has 2 saturated carbocycles. The molecule has 2 heteroatoms. The average Bonchev–Trinajstić information content (AvgIpc) is 2.32. The highest BCUT2D eigenvalue weighted by Crippen LogP contribution is 2.32. The van der Waals surface area contributed by atoms with Crippen LogP contribution >= 0.6 is 0 Å². The summed E-state index contributed by atoms with van der Waals surface area (Å²) in [4.78, 5) is 0. The lowest BCUT2D eigenvalue weighted by Gasteiger charge is -2.33. The molecule has 2 aliphatic rings. The molecule has 0 aromatic carbocycles. The van der Waals surface area contributed by atoms with Crippen molar-refractivity contribution in [2.45, 2.75) is 89.4 Å². The number of hydrogen-bond donors (Lipinski definition) is 1. The van der Waals surface area contributed by atoms with Gasteiger partial charge in [0.05, 0.1) is 18.3 Å². The molecule has 2 nitrogen and oxygen atoms in total. The van der Waals surface area contributed by atoms with E-state index in [0.29, 0.717) is 12.2 Å². The number of aliphatic hydroxyl groups excluding tert-OH is 1. The van der Waals surface area contributed by atoms with Crippen molar-refractivity contribution in [3.8, 4) is 0 Å². The van der Waals surface area contributed by atoms with Crippen molar-refractivity contribution in [3.05, 3.63) is 0 Å². The van der Waals surface area contributed by atoms with Gasteiger partial charge in [0.15, 0.2) is 0 Å². The Balaban J connectivity index is 1.64. The predicted octanol–water partition coefficient (Wildman–Crippen LogP) is 3.67. The van der Waals surface area contributed by atoms with E-state index in [-0.39, 0.29) is 6.10 Å². The van der Waals surface area contributed by atoms with Crippen molar-refractivity contribution in [2.75, 3.05) is 0 Å². The fraction of sp³-hybridized carbons (Fsp3) is 1.00. The van der Waals surface area contributed by atoms with Crippen LogP contribution in [0.1, 0.15) is 71.1 Å². The third-order valence-electron chi connectivity index (χ3n) is 4.41. The Bertz CT molecular complexity index is 201. The van der Waals surface area contributed by atoms with Gasteiger partial charge in [-0.15, -0.1) is 0 Å². The van der Waals surface area contributed by atoms with Crippen LogP contribution in [-0.2, 0) is 4.74 Å². The molecular formula is C15H28O2. The van der Waals surface area contributed by atoms with Crippen LogP contribution in [0.15, 0.2) is 0 Å². The molecule has 0 saturated heterocycles. The van der Waals surface area contributed by atoms with Crippen molar-refractivity contribution < 1.29 is 9.84 Å². The third kappa shape index (κ3) is 4.59. The first kappa shape index (κ1) is 13.4. The SMILES string of the molecule is CC(O)CC1CCC(OC2CCCCC2)CC1. The maximum Gasteiger partial charge on any atom is 0.0579 e. The van der Waals surface area contributed by atoms with Gasteiger partial charge < -0.3 is 9.84 Å². The monoisotopic (exact) mass is 240 g/mol. The van der Waals surface area contributed by atoms with Crippen molar-refractivity contribution >= 4 is 0 Å². The van der Waals surface area contributed by atoms with Crippen LogP contribution in [0, 0.1) is 5.92 Å². The molecule has 2 rings (SSSR count). The summed E-state index contributed by atoms with van der Waals surface area (Å²) >= 11 is 0. The van der Waals surface area contributed by atoms with Crippen LogP contribution in [0.3, 0.4) is 0 Å². The Hall–Kier alpha value is -0.0800. The fourth-order valence-corrected chi connectivity index (χ4v) is 3.46. The summed E-state index contributed by atoms with van der Waals surface area (Å²) < 4.78 is 6.22. The molecule has 2 fully saturated rings. The van der Waals surface area contributed by atoms with Crippen LogP contribution in [-0.4, -0.2) is 23.4 Å². The van der Waals surface area contributed by atoms with Gasteiger partial charge in [-0.25, -0.2) is 0 Å². The minimum absolute atomic E-state index is 0.129. The van der Waals surface area contributed by atoms with Crippen LogP contribution in [0.2, 0.25) is 0 Å². The Morgan fingerprint density at radius 3 is 2.12 bits per heavy atom. The van der Waals surface area contributed by atoms with Crippen LogP contribution < -0.4 is 0 Å². The van der Waals surface area contributed by atoms with Crippen LogP contribution in [0.25, 0.3) is 0 Å². The zero-order chi connectivity index (χ0) is 12.1. The van der Waals surface area contributed by atoms with Gasteiger partial charge in [0.2, 0.25) is 0 Å². The van der Waals surface area contributed by atoms with Gasteiger partial charge in [0.1, 0.15) is 0 Å². The molecule has 1 atom stereocenters. The molecule has 0 heterocycles. The van der Waals surface area contributed by atoms with Crippen molar-refractivity contribution in [2.24, 2.45) is 5.92 Å². The lowest BCUT2D eigenvalue weighted by atomic mass is 9.84. The van der Waals surface area contributed by atoms with E-state index in [1.54, 1.807) is 0 Å². The Labute approximate surface area is 106 Å². The standard InChI is InChI=1S/C15H28O2/c1-12(16)11-13-7-9-15(10-8-13)17-14-5-3-2-4-6-14/h12-16H,2-11H2,1H3. The van der Waals surface area contributed by atoms with Gasteiger partial charge in [-0.3, -0.25) is 0 Å². The third-order valence-corrected chi connectivity index (χ3v) is 4.41. The van der Waals surface area contributed by atoms with E-state index < -0.39 is 0 Å². The second-order valence-corrected chi connectivity index (χ2v) is 6.12. The van der Waals surface area contributed by atoms with Gasteiger partial charge >= 0.3 is 0 Å². The lowest BCUT2D eigenvalue weighted by molar-refractivity contribution is -0.0530. The molecule has 0 amide bonds. The van der Waals surface area contributed by atoms with Gasteiger partial charge in [-0.1, -0.05) is 19.3 Å². The van der Waals surface area contributed by atoms with E-state index in [4.69, 9.17) is 4.74 Å². The fourth-order valence-electron chi connectivity index (χ4n) is 3.46. The van der Waals surface area contributed by atoms with Gasteiger partial charge in [0.25, 0.3) is 0 Å². The lowest BCUT2D eigenvalue weighted by Crippen LogP contribution is -2.28. The summed E-state index contributed by atoms with van der Waals surface area (Å²) in [6, 6.07) is 0. The molecule has 0 radical (unpaired) electrons. The molecule has 1 N–H and O–H groups in total. The molecule has 0 aromatic heterocycles. The zero-order valence-electron chi connectivity index (χ0n) is 11.2. The summed E-state index contributed by atoms with van der Waals surface area (Å²) in [6.45, 7) is 1.91. The Kier molecular flexibility index (Phi) is 5.30. The van der Waals surface area contributed by atoms with E-state index in [1.807, 2.05) is 6.92 Å². The topological polar surface area (TPSA) is 29.5 Å². The molecule has 1 unspecified atom stereocenters. The summed E-state index contributed by atoms with van der Waals surface area (Å²) in [7, 11) is 0. The number of rotatable bonds is 4. The second kappa shape index (κ2) is 6.75. The van der Waals surface area contributed by atoms with Crippen molar-refractivity contribution in [1.29, 1.82) is 0 Å². The van der Waals surface area contributed by atoms with Gasteiger partial charge in [0, 0.05) is 0 Å². The molecule has 0 aliphatic heterocycles. The van der Waals surface area contributed by atoms with Gasteiger partial charge in [-0.2, -0.15) is 0 Å². The summed E-state index contributed by atoms with van der Waals surface area (Å²) in [5, 5.41) is 9.40. The molecule has 100 valence electrons. The molecular weight excluding hydrogens is 212 g/mol. The van der Waals surface area contributed by atoms with E-state index in [9.17, 15) is 5.11 Å². The first-order chi connectivity index (χ1) is 8.24. The molecule has 0 bridgehead atoms. The highest BCUT2D eigenvalue weighted by molar-refractivity contribution is 4.76. The smallest absolute Gasteiger partial charge is 0.0579 e. The number of hydrogen-bond acceptors (Lipinski definition) is 2. The van der Waals surface area contributed by atoms with E-state index in [2.05, 4.69) is 0 Å². The quantitative estimate of drug-likeness (QED) is 0.812. The van der Waals surface area contributed by atoms with E-state index >= 15 is 0 Å². The minimum Gasteiger partial charge on any atom is -0.393 e. The second-order valence-electron chi connectivity index (χ2n) is 6.12. The minimum atomic E-state index is -0.129. The zero-order valence-corrected chi connectivity index (χ0v) is 11.2. The summed E-state index contributed by atoms with van der Waals surface area (Å²) in [6.07, 6.45) is 13.6. The number of aliphatic hydroxyl groups is 1. The van der Waals surface area contributed by atoms with Crippen LogP contribution in [0.5, 0.6) is 0 Å². The Morgan fingerprint density at radius 1 is 0.941 bits per heavy atom. The van der Waals surface area contributed by atoms with Crippen molar-refractivity contribution in [1.82, 2.24) is 0 Å². The molecule has 17 heavy (non-hydrogen) atoms. The molecule has 0 aromatic rings. The highest BCUT2D eigenvalue weighted by atomic mass is 16.5. The summed E-state index contributed by atoms with van der Waals surface area (Å²) in [5.41, 5.74) is 0. The van der Waals surface area contributed by atoms with E-state index in [0.717, 1.165) is 12.3 Å². The maximum atomic E-state index is 9.40. The largest absolute Gasteiger partial charge is 0.393 e. The summed E-state index contributed by atoms with van der Waals surface area (Å²) in [5.74, 6) is 0.737. The van der Waals surface area contributed by atoms with E-state index in [1.165, 1.54) is 57.8 Å². The predicted molar refractivity (Wildman–Crippen MR) is 70.0 cm³/mol. The molecule has 0 spiro atoms. The normalized spacial score (nSPS) is 33.5. The highest BCUT2D eigenvalue weighted by Gasteiger charge is 2.25. The number of ether oxygens (including phenoxy) is 1. The van der Waals surface area contributed by atoms with Gasteiger partial charge in [-0.05, 0) is 57.8 Å². The van der Waals surface area contributed by atoms with Crippen LogP contribution in [0.4, 0.5) is 0 Å². The molecule has 2 aliphatic carbocycles. The van der Waals surface area contributed by atoms with Crippen molar-refractivity contribution in [3.63, 3.8) is 0 Å². The Morgan fingerprint density at radius 2 is 1.53 bits per heavy atom. The maximum absolute atomic E-state index is 9.40. The first-order valence-electron chi connectivity index (χ1n) is 7.57. The average molecular weight is 240 g/mol. The first-order valence-corrected chi connectivity index (χ1v) is 7.57.